The van der Waals surface area contributed by atoms with Gasteiger partial charge in [0.05, 0.1) is 11.2 Å². The maximum Gasteiger partial charge on any atom is 0.294 e. The molecule has 0 aliphatic carbocycles. The molecule has 1 heterocycles. The molecule has 1 aromatic heterocycles. The summed E-state index contributed by atoms with van der Waals surface area (Å²) in [6, 6.07) is 4.40. The first-order valence-corrected chi connectivity index (χ1v) is 6.38. The summed E-state index contributed by atoms with van der Waals surface area (Å²) in [5, 5.41) is 0.664. The van der Waals surface area contributed by atoms with Gasteiger partial charge in [-0.25, -0.2) is 0 Å². The summed E-state index contributed by atoms with van der Waals surface area (Å²) in [5.41, 5.74) is 1.32. The van der Waals surface area contributed by atoms with Crippen molar-refractivity contribution in [2.24, 2.45) is 0 Å². The third-order valence-electron chi connectivity index (χ3n) is 2.01. The van der Waals surface area contributed by atoms with Crippen LogP contribution in [0, 0.1) is 6.92 Å². The second kappa shape index (κ2) is 4.67. The third-order valence-corrected chi connectivity index (χ3v) is 2.84. The third kappa shape index (κ3) is 2.43. The van der Waals surface area contributed by atoms with Gasteiger partial charge in [0.1, 0.15) is 5.58 Å². The Hall–Kier alpha value is -1.33. The lowest BCUT2D eigenvalue weighted by atomic mass is 10.2. The van der Waals surface area contributed by atoms with Gasteiger partial charge in [0.15, 0.2) is 0 Å². The highest BCUT2D eigenvalue weighted by Gasteiger charge is 2.12. The van der Waals surface area contributed by atoms with Gasteiger partial charge >= 0.3 is 0 Å². The van der Waals surface area contributed by atoms with Crippen LogP contribution in [0.1, 0.15) is 19.4 Å². The van der Waals surface area contributed by atoms with Crippen molar-refractivity contribution in [3.05, 3.63) is 30.0 Å². The Morgan fingerprint density at radius 1 is 1.25 bits per heavy atom. The van der Waals surface area contributed by atoms with Crippen molar-refractivity contribution in [2.75, 3.05) is 0 Å². The Balaban J connectivity index is 0.000000606. The van der Waals surface area contributed by atoms with Crippen LogP contribution < -0.4 is 0 Å². The molecule has 5 heteroatoms. The van der Waals surface area contributed by atoms with Crippen LogP contribution in [0.2, 0.25) is 0 Å². The van der Waals surface area contributed by atoms with Crippen LogP contribution in [-0.4, -0.2) is 13.0 Å². The maximum absolute atomic E-state index is 10.9. The van der Waals surface area contributed by atoms with Gasteiger partial charge in [-0.15, -0.1) is 0 Å². The Kier molecular flexibility index (Phi) is 3.72. The van der Waals surface area contributed by atoms with E-state index >= 15 is 0 Å². The molecule has 0 saturated carbocycles. The van der Waals surface area contributed by atoms with Gasteiger partial charge in [-0.3, -0.25) is 4.55 Å². The van der Waals surface area contributed by atoms with Crippen molar-refractivity contribution in [3.8, 4) is 0 Å². The fraction of sp³-hybridized carbons (Fsp3) is 0.273. The lowest BCUT2D eigenvalue weighted by Crippen LogP contribution is -1.98. The van der Waals surface area contributed by atoms with E-state index in [1.807, 2.05) is 13.8 Å². The van der Waals surface area contributed by atoms with Gasteiger partial charge in [-0.2, -0.15) is 8.42 Å². The zero-order chi connectivity index (χ0) is 12.3. The predicted molar refractivity (Wildman–Crippen MR) is 62.1 cm³/mol. The van der Waals surface area contributed by atoms with Crippen LogP contribution in [0.4, 0.5) is 0 Å². The molecule has 16 heavy (non-hydrogen) atoms. The number of rotatable bonds is 1. The molecule has 0 amide bonds. The summed E-state index contributed by atoms with van der Waals surface area (Å²) in [5.74, 6) is 0. The first kappa shape index (κ1) is 12.7. The molecule has 0 spiro atoms. The molecule has 0 aliphatic rings. The molecule has 1 aromatic carbocycles. The SMILES string of the molecule is CC.Cc1cc(S(=O)(=O)O)cc2ccoc12. The predicted octanol–water partition coefficient (Wildman–Crippen LogP) is 3.01. The molecule has 0 fully saturated rings. The molecule has 2 rings (SSSR count). The van der Waals surface area contributed by atoms with E-state index in [2.05, 4.69) is 0 Å². The van der Waals surface area contributed by atoms with Crippen LogP contribution in [-0.2, 0) is 10.1 Å². The van der Waals surface area contributed by atoms with Crippen LogP contribution >= 0.6 is 0 Å². The monoisotopic (exact) mass is 242 g/mol. The molecule has 0 bridgehead atoms. The molecule has 0 saturated heterocycles. The largest absolute Gasteiger partial charge is 0.464 e. The first-order valence-electron chi connectivity index (χ1n) is 4.94. The van der Waals surface area contributed by atoms with Crippen LogP contribution in [0.5, 0.6) is 0 Å². The minimum atomic E-state index is -4.14. The molecular weight excluding hydrogens is 228 g/mol. The van der Waals surface area contributed by atoms with Crippen molar-refractivity contribution < 1.29 is 17.4 Å². The average molecular weight is 242 g/mol. The number of fused-ring (bicyclic) bond motifs is 1. The van der Waals surface area contributed by atoms with Crippen molar-refractivity contribution in [1.29, 1.82) is 0 Å². The molecule has 2 aromatic rings. The molecule has 4 nitrogen and oxygen atoms in total. The van der Waals surface area contributed by atoms with Crippen LogP contribution in [0.3, 0.4) is 0 Å². The summed E-state index contributed by atoms with van der Waals surface area (Å²) in [7, 11) is -4.14. The van der Waals surface area contributed by atoms with Gasteiger partial charge in [-0.1, -0.05) is 13.8 Å². The van der Waals surface area contributed by atoms with E-state index in [-0.39, 0.29) is 4.90 Å². The van der Waals surface area contributed by atoms with Crippen molar-refractivity contribution in [3.63, 3.8) is 0 Å². The zero-order valence-corrected chi connectivity index (χ0v) is 10.2. The topological polar surface area (TPSA) is 67.5 Å². The molecule has 0 atom stereocenters. The second-order valence-electron chi connectivity index (χ2n) is 3.05. The van der Waals surface area contributed by atoms with E-state index in [9.17, 15) is 8.42 Å². The fourth-order valence-electron chi connectivity index (χ4n) is 1.38. The van der Waals surface area contributed by atoms with Gasteiger partial charge in [0.2, 0.25) is 0 Å². The molecule has 0 aliphatic heterocycles. The highest BCUT2D eigenvalue weighted by Crippen LogP contribution is 2.23. The summed E-state index contributed by atoms with van der Waals surface area (Å²) in [6.07, 6.45) is 1.48. The Morgan fingerprint density at radius 3 is 2.44 bits per heavy atom. The van der Waals surface area contributed by atoms with E-state index in [0.717, 1.165) is 0 Å². The van der Waals surface area contributed by atoms with Crippen molar-refractivity contribution in [1.82, 2.24) is 0 Å². The Morgan fingerprint density at radius 2 is 1.88 bits per heavy atom. The highest BCUT2D eigenvalue weighted by molar-refractivity contribution is 7.85. The van der Waals surface area contributed by atoms with Gasteiger partial charge in [-0.05, 0) is 30.7 Å². The van der Waals surface area contributed by atoms with Gasteiger partial charge in [0.25, 0.3) is 10.1 Å². The quantitative estimate of drug-likeness (QED) is 0.780. The minimum Gasteiger partial charge on any atom is -0.464 e. The molecule has 0 unspecified atom stereocenters. The van der Waals surface area contributed by atoms with E-state index in [1.165, 1.54) is 18.4 Å². The Labute approximate surface area is 94.6 Å². The maximum atomic E-state index is 10.9. The molecular formula is C11H14O4S. The fourth-order valence-corrected chi connectivity index (χ4v) is 1.98. The number of hydrogen-bond donors (Lipinski definition) is 1. The Bertz CT molecular complexity index is 581. The van der Waals surface area contributed by atoms with E-state index in [1.54, 1.807) is 13.0 Å². The summed E-state index contributed by atoms with van der Waals surface area (Å²) < 4.78 is 35.7. The average Bonchev–Trinajstić information content (AvgIpc) is 2.68. The van der Waals surface area contributed by atoms with Crippen LogP contribution in [0.15, 0.2) is 33.8 Å². The minimum absolute atomic E-state index is 0.107. The van der Waals surface area contributed by atoms with Gasteiger partial charge < -0.3 is 4.42 Å². The van der Waals surface area contributed by atoms with E-state index < -0.39 is 10.1 Å². The van der Waals surface area contributed by atoms with E-state index in [0.29, 0.717) is 16.5 Å². The number of benzene rings is 1. The normalized spacial score (nSPS) is 11.0. The highest BCUT2D eigenvalue weighted by atomic mass is 32.2. The molecule has 88 valence electrons. The smallest absolute Gasteiger partial charge is 0.294 e. The number of furan rings is 1. The van der Waals surface area contributed by atoms with Gasteiger partial charge in [0, 0.05) is 5.39 Å². The molecule has 0 radical (unpaired) electrons. The summed E-state index contributed by atoms with van der Waals surface area (Å²) in [4.78, 5) is -0.107. The number of hydrogen-bond acceptors (Lipinski definition) is 3. The second-order valence-corrected chi connectivity index (χ2v) is 4.48. The van der Waals surface area contributed by atoms with E-state index in [4.69, 9.17) is 8.97 Å². The van der Waals surface area contributed by atoms with Crippen LogP contribution in [0.25, 0.3) is 11.0 Å². The molecule has 1 N–H and O–H groups in total. The lowest BCUT2D eigenvalue weighted by Gasteiger charge is -1.99. The lowest BCUT2D eigenvalue weighted by molar-refractivity contribution is 0.483. The first-order chi connectivity index (χ1) is 7.48. The zero-order valence-electron chi connectivity index (χ0n) is 9.39. The summed E-state index contributed by atoms with van der Waals surface area (Å²) in [6.45, 7) is 5.72. The standard InChI is InChI=1S/C9H8O4S.C2H6/c1-6-4-8(14(10,11)12)5-7-2-3-13-9(6)7;1-2/h2-5H,1H3,(H,10,11,12);1-2H3. The van der Waals surface area contributed by atoms with Crippen molar-refractivity contribution >= 4 is 21.1 Å². The van der Waals surface area contributed by atoms with Crippen molar-refractivity contribution in [2.45, 2.75) is 25.7 Å². The summed E-state index contributed by atoms with van der Waals surface area (Å²) >= 11 is 0. The number of aryl methyl sites for hydroxylation is 1.